The first-order valence-corrected chi connectivity index (χ1v) is 10.5. The smallest absolute Gasteiger partial charge is 0.338 e. The Kier molecular flexibility index (Phi) is 6.15. The number of carbonyl (C=O) groups excluding carboxylic acids is 3. The number of cyclic esters (lactones) is 1. The van der Waals surface area contributed by atoms with E-state index in [1.165, 1.54) is 25.2 Å². The number of amides is 3. The number of hydrogen-bond acceptors (Lipinski definition) is 6. The van der Waals surface area contributed by atoms with E-state index in [1.54, 1.807) is 6.07 Å². The fraction of sp³-hybridized carbons (Fsp3) is 0.261. The van der Waals surface area contributed by atoms with E-state index >= 15 is 0 Å². The highest BCUT2D eigenvalue weighted by Gasteiger charge is 2.42. The monoisotopic (exact) mass is 471 g/mol. The van der Waals surface area contributed by atoms with Crippen LogP contribution in [-0.4, -0.2) is 50.2 Å². The number of esters is 1. The summed E-state index contributed by atoms with van der Waals surface area (Å²) in [6.07, 6.45) is 0. The van der Waals surface area contributed by atoms with Gasteiger partial charge in [0.1, 0.15) is 24.7 Å². The van der Waals surface area contributed by atoms with Crippen molar-refractivity contribution in [3.8, 4) is 11.5 Å². The van der Waals surface area contributed by atoms with E-state index in [4.69, 9.17) is 25.8 Å². The molecule has 0 bridgehead atoms. The lowest BCUT2D eigenvalue weighted by Gasteiger charge is -2.32. The van der Waals surface area contributed by atoms with Gasteiger partial charge in [-0.2, -0.15) is 0 Å². The van der Waals surface area contributed by atoms with Crippen LogP contribution in [-0.2, 0) is 14.3 Å². The predicted octanol–water partition coefficient (Wildman–Crippen LogP) is 3.18. The molecule has 9 nitrogen and oxygen atoms in total. The zero-order valence-corrected chi connectivity index (χ0v) is 19.0. The van der Waals surface area contributed by atoms with Gasteiger partial charge in [-0.1, -0.05) is 41.4 Å². The maximum absolute atomic E-state index is 12.9. The third-order valence-electron chi connectivity index (χ3n) is 5.46. The molecule has 0 unspecified atom stereocenters. The zero-order valence-electron chi connectivity index (χ0n) is 18.2. The molecule has 2 aliphatic heterocycles. The van der Waals surface area contributed by atoms with Crippen LogP contribution in [0, 0.1) is 6.92 Å². The number of anilines is 1. The molecule has 0 spiro atoms. The van der Waals surface area contributed by atoms with E-state index in [0.717, 1.165) is 11.1 Å². The molecule has 10 heteroatoms. The van der Waals surface area contributed by atoms with Crippen molar-refractivity contribution in [2.45, 2.75) is 13.0 Å². The van der Waals surface area contributed by atoms with Crippen LogP contribution >= 0.6 is 11.6 Å². The molecule has 0 saturated carbocycles. The summed E-state index contributed by atoms with van der Waals surface area (Å²) in [6, 6.07) is 9.37. The van der Waals surface area contributed by atoms with Gasteiger partial charge in [-0.15, -0.1) is 0 Å². The fourth-order valence-corrected chi connectivity index (χ4v) is 4.02. The third-order valence-corrected chi connectivity index (χ3v) is 5.75. The second-order valence-corrected chi connectivity index (χ2v) is 7.96. The van der Waals surface area contributed by atoms with Crippen molar-refractivity contribution in [2.75, 3.05) is 32.7 Å². The van der Waals surface area contributed by atoms with Crippen LogP contribution in [0.2, 0.25) is 5.02 Å². The Morgan fingerprint density at radius 1 is 1.18 bits per heavy atom. The van der Waals surface area contributed by atoms with Crippen molar-refractivity contribution in [1.82, 2.24) is 10.2 Å². The molecule has 0 aliphatic carbocycles. The molecule has 2 heterocycles. The number of benzene rings is 2. The molecular formula is C23H22ClN3O6. The molecule has 2 aromatic rings. The van der Waals surface area contributed by atoms with Crippen LogP contribution in [0.5, 0.6) is 11.5 Å². The van der Waals surface area contributed by atoms with E-state index in [-0.39, 0.29) is 18.2 Å². The normalized spacial score (nSPS) is 17.3. The molecule has 0 radical (unpaired) electrons. The SMILES string of the molecule is COc1cc(OC)c(NC(=O)CN2C(=O)N[C@H](c3ccc(C)cc3)C3=C2COC3=O)cc1Cl. The molecular weight excluding hydrogens is 450 g/mol. The van der Waals surface area contributed by atoms with Crippen LogP contribution < -0.4 is 20.1 Å². The van der Waals surface area contributed by atoms with Crippen molar-refractivity contribution < 1.29 is 28.6 Å². The molecule has 0 fully saturated rings. The molecule has 1 atom stereocenters. The first-order chi connectivity index (χ1) is 15.8. The summed E-state index contributed by atoms with van der Waals surface area (Å²) in [5.74, 6) is -0.304. The largest absolute Gasteiger partial charge is 0.495 e. The van der Waals surface area contributed by atoms with Crippen molar-refractivity contribution >= 4 is 35.2 Å². The number of halogens is 1. The summed E-state index contributed by atoms with van der Waals surface area (Å²) in [5, 5.41) is 5.78. The first-order valence-electron chi connectivity index (χ1n) is 10.1. The summed E-state index contributed by atoms with van der Waals surface area (Å²) in [5.41, 5.74) is 2.80. The Hall–Kier alpha value is -3.72. The van der Waals surface area contributed by atoms with E-state index < -0.39 is 23.9 Å². The highest BCUT2D eigenvalue weighted by atomic mass is 35.5. The number of carbonyl (C=O) groups is 3. The number of aryl methyl sites for hydroxylation is 1. The number of ether oxygens (including phenoxy) is 3. The topological polar surface area (TPSA) is 106 Å². The number of urea groups is 1. The van der Waals surface area contributed by atoms with Gasteiger partial charge in [0.25, 0.3) is 0 Å². The Bertz CT molecular complexity index is 1160. The minimum absolute atomic E-state index is 0.0884. The number of rotatable bonds is 6. The molecule has 33 heavy (non-hydrogen) atoms. The summed E-state index contributed by atoms with van der Waals surface area (Å²) in [7, 11) is 2.91. The van der Waals surface area contributed by atoms with Crippen molar-refractivity contribution in [2.24, 2.45) is 0 Å². The molecule has 172 valence electrons. The number of nitrogens with one attached hydrogen (secondary N) is 2. The minimum atomic E-state index is -0.650. The average molecular weight is 472 g/mol. The Morgan fingerprint density at radius 2 is 1.88 bits per heavy atom. The Labute approximate surface area is 195 Å². The number of nitrogens with zero attached hydrogens (tertiary/aromatic N) is 1. The van der Waals surface area contributed by atoms with Crippen LogP contribution in [0.4, 0.5) is 10.5 Å². The van der Waals surface area contributed by atoms with Gasteiger partial charge >= 0.3 is 12.0 Å². The second-order valence-electron chi connectivity index (χ2n) is 7.55. The molecule has 4 rings (SSSR count). The molecule has 2 aliphatic rings. The lowest BCUT2D eigenvalue weighted by molar-refractivity contribution is -0.136. The lowest BCUT2D eigenvalue weighted by atomic mass is 9.95. The standard InChI is InChI=1S/C23H22ClN3O6/c1-12-4-6-13(7-5-12)21-20-16(11-33-22(20)29)27(23(30)26-21)10-19(28)25-15-8-14(24)17(31-2)9-18(15)32-3/h4-9,21H,10-11H2,1-3H3,(H,25,28)(H,26,30)/t21-/m1/s1. The van der Waals surface area contributed by atoms with Crippen molar-refractivity contribution in [1.29, 1.82) is 0 Å². The maximum atomic E-state index is 12.9. The molecule has 3 amide bonds. The molecule has 2 N–H and O–H groups in total. The van der Waals surface area contributed by atoms with Gasteiger partial charge in [-0.25, -0.2) is 9.59 Å². The summed E-state index contributed by atoms with van der Waals surface area (Å²) >= 11 is 6.16. The first kappa shape index (κ1) is 22.5. The van der Waals surface area contributed by atoms with Gasteiger partial charge in [0.05, 0.1) is 42.2 Å². The van der Waals surface area contributed by atoms with E-state index in [0.29, 0.717) is 28.5 Å². The van der Waals surface area contributed by atoms with Crippen LogP contribution in [0.1, 0.15) is 17.2 Å². The average Bonchev–Trinajstić information content (AvgIpc) is 3.18. The van der Waals surface area contributed by atoms with Crippen molar-refractivity contribution in [3.05, 3.63) is 63.8 Å². The van der Waals surface area contributed by atoms with Crippen molar-refractivity contribution in [3.63, 3.8) is 0 Å². The summed E-state index contributed by atoms with van der Waals surface area (Å²) in [4.78, 5) is 39.4. The van der Waals surface area contributed by atoms with Gasteiger partial charge in [-0.3, -0.25) is 9.69 Å². The Balaban J connectivity index is 1.58. The van der Waals surface area contributed by atoms with Gasteiger partial charge in [0.15, 0.2) is 0 Å². The number of methoxy groups -OCH3 is 2. The van der Waals surface area contributed by atoms with Gasteiger partial charge in [0.2, 0.25) is 5.91 Å². The minimum Gasteiger partial charge on any atom is -0.495 e. The fourth-order valence-electron chi connectivity index (χ4n) is 3.78. The van der Waals surface area contributed by atoms with E-state index in [2.05, 4.69) is 10.6 Å². The second kappa shape index (κ2) is 9.03. The van der Waals surface area contributed by atoms with Crippen LogP contribution in [0.15, 0.2) is 47.7 Å². The summed E-state index contributed by atoms with van der Waals surface area (Å²) in [6.45, 7) is 1.52. The molecule has 0 aromatic heterocycles. The summed E-state index contributed by atoms with van der Waals surface area (Å²) < 4.78 is 15.6. The highest BCUT2D eigenvalue weighted by Crippen LogP contribution is 2.37. The van der Waals surface area contributed by atoms with Gasteiger partial charge in [-0.05, 0) is 18.6 Å². The zero-order chi connectivity index (χ0) is 23.7. The van der Waals surface area contributed by atoms with E-state index in [9.17, 15) is 14.4 Å². The van der Waals surface area contributed by atoms with E-state index in [1.807, 2.05) is 31.2 Å². The molecule has 2 aromatic carbocycles. The highest BCUT2D eigenvalue weighted by molar-refractivity contribution is 6.32. The van der Waals surface area contributed by atoms with Gasteiger partial charge in [0, 0.05) is 6.07 Å². The third kappa shape index (κ3) is 4.31. The molecule has 0 saturated heterocycles. The van der Waals surface area contributed by atoms with Gasteiger partial charge < -0.3 is 24.8 Å². The number of hydrogen-bond donors (Lipinski definition) is 2. The lowest BCUT2D eigenvalue weighted by Crippen LogP contribution is -2.49. The predicted molar refractivity (Wildman–Crippen MR) is 120 cm³/mol. The maximum Gasteiger partial charge on any atom is 0.338 e. The Morgan fingerprint density at radius 3 is 2.55 bits per heavy atom. The van der Waals surface area contributed by atoms with Crippen LogP contribution in [0.25, 0.3) is 0 Å². The van der Waals surface area contributed by atoms with Crippen LogP contribution in [0.3, 0.4) is 0 Å². The quantitative estimate of drug-likeness (QED) is 0.627.